The van der Waals surface area contributed by atoms with Crippen LogP contribution in [0.25, 0.3) is 0 Å². The number of benzene rings is 2. The van der Waals surface area contributed by atoms with Gasteiger partial charge in [0.2, 0.25) is 0 Å². The van der Waals surface area contributed by atoms with E-state index >= 15 is 0 Å². The van der Waals surface area contributed by atoms with Crippen molar-refractivity contribution in [2.45, 2.75) is 80.1 Å². The van der Waals surface area contributed by atoms with Gasteiger partial charge in [-0.25, -0.2) is 0 Å². The van der Waals surface area contributed by atoms with Gasteiger partial charge in [-0.3, -0.25) is 0 Å². The number of rotatable bonds is 6. The summed E-state index contributed by atoms with van der Waals surface area (Å²) in [5.74, 6) is 0.583. The summed E-state index contributed by atoms with van der Waals surface area (Å²) in [4.78, 5) is 0. The molecule has 2 radical (unpaired) electrons. The van der Waals surface area contributed by atoms with Crippen LogP contribution in [0.4, 0.5) is 0 Å². The summed E-state index contributed by atoms with van der Waals surface area (Å²) < 4.78 is 0. The molecule has 3 rings (SSSR count). The Bertz CT molecular complexity index is 877. The second kappa shape index (κ2) is 14.3. The number of allylic oxidation sites excluding steroid dienone is 1. The van der Waals surface area contributed by atoms with E-state index in [1.165, 1.54) is 80.6 Å². The third-order valence-corrected chi connectivity index (χ3v) is 8.36. The summed E-state index contributed by atoms with van der Waals surface area (Å²) in [6, 6.07) is 6.94. The van der Waals surface area contributed by atoms with E-state index in [4.69, 9.17) is 0 Å². The zero-order valence-corrected chi connectivity index (χ0v) is 24.6. The Labute approximate surface area is 226 Å². The number of unbranched alkanes of at least 4 members (excludes halogenated alkanes) is 2. The zero-order chi connectivity index (χ0) is 19.7. The van der Waals surface area contributed by atoms with E-state index in [-0.39, 0.29) is 58.9 Å². The van der Waals surface area contributed by atoms with Gasteiger partial charge in [0.1, 0.15) is 0 Å². The van der Waals surface area contributed by atoms with Crippen LogP contribution >= 0.6 is 0 Å². The van der Waals surface area contributed by atoms with Crippen LogP contribution in [0.15, 0.2) is 23.8 Å². The fraction of sp³-hybridized carbons (Fsp3) is 0.462. The SMILES string of the molecule is CCCCCC1C(C)=[C-]c2c([Si]c3c(C)c(C)c(C)c(C)c3C)cccc21.[Cl-].[Cl-].[Cl-].[Ti+4]. The monoisotopic (exact) mass is 526 g/mol. The first-order valence-electron chi connectivity index (χ1n) is 10.4. The topological polar surface area (TPSA) is 0 Å². The Kier molecular flexibility index (Phi) is 15.3. The van der Waals surface area contributed by atoms with Crippen LogP contribution in [0.3, 0.4) is 0 Å². The molecule has 5 heteroatoms. The molecule has 0 nitrogen and oxygen atoms in total. The first-order valence-corrected chi connectivity index (χ1v) is 11.4. The first-order chi connectivity index (χ1) is 12.9. The number of hydrogen-bond acceptors (Lipinski definition) is 0. The molecule has 0 N–H and O–H groups in total. The Morgan fingerprint density at radius 1 is 0.806 bits per heavy atom. The maximum absolute atomic E-state index is 3.77. The van der Waals surface area contributed by atoms with E-state index in [0.29, 0.717) is 15.4 Å². The van der Waals surface area contributed by atoms with Crippen molar-refractivity contribution in [2.75, 3.05) is 0 Å². The molecule has 0 fully saturated rings. The molecular formula is C26H33Cl3SiTi. The van der Waals surface area contributed by atoms with Gasteiger partial charge < -0.3 is 37.2 Å². The van der Waals surface area contributed by atoms with Crippen molar-refractivity contribution in [3.8, 4) is 0 Å². The molecule has 1 unspecified atom stereocenters. The minimum Gasteiger partial charge on any atom is -1.00 e. The van der Waals surface area contributed by atoms with Crippen LogP contribution in [0.1, 0.15) is 84.4 Å². The fourth-order valence-corrected chi connectivity index (χ4v) is 5.95. The average molecular weight is 528 g/mol. The van der Waals surface area contributed by atoms with Crippen LogP contribution in [0.5, 0.6) is 0 Å². The Balaban J connectivity index is 0. The molecule has 0 aromatic heterocycles. The van der Waals surface area contributed by atoms with Crippen molar-refractivity contribution in [3.05, 3.63) is 68.8 Å². The van der Waals surface area contributed by atoms with Gasteiger partial charge in [-0.1, -0.05) is 56.7 Å². The van der Waals surface area contributed by atoms with Crippen molar-refractivity contribution in [2.24, 2.45) is 0 Å². The minimum atomic E-state index is 0. The number of halogens is 3. The Morgan fingerprint density at radius 2 is 1.35 bits per heavy atom. The minimum absolute atomic E-state index is 0. The smallest absolute Gasteiger partial charge is 1.00 e. The first kappa shape index (κ1) is 33.2. The Morgan fingerprint density at radius 3 is 1.90 bits per heavy atom. The normalized spacial score (nSPS) is 13.8. The van der Waals surface area contributed by atoms with Crippen molar-refractivity contribution in [1.29, 1.82) is 0 Å². The largest absolute Gasteiger partial charge is 4.00 e. The van der Waals surface area contributed by atoms with Crippen LogP contribution in [-0.2, 0) is 21.7 Å². The molecule has 0 saturated heterocycles. The van der Waals surface area contributed by atoms with Gasteiger partial charge in [-0.2, -0.15) is 16.8 Å². The maximum Gasteiger partial charge on any atom is 4.00 e. The zero-order valence-electron chi connectivity index (χ0n) is 19.8. The molecule has 1 aliphatic rings. The van der Waals surface area contributed by atoms with Crippen LogP contribution < -0.4 is 47.6 Å². The fourth-order valence-electron chi connectivity index (χ4n) is 4.41. The summed E-state index contributed by atoms with van der Waals surface area (Å²) in [7, 11) is 0.712. The molecule has 2 aromatic rings. The molecule has 0 amide bonds. The van der Waals surface area contributed by atoms with E-state index in [1.807, 2.05) is 0 Å². The van der Waals surface area contributed by atoms with Gasteiger partial charge in [0.05, 0.1) is 0 Å². The van der Waals surface area contributed by atoms with Crippen LogP contribution in [-0.4, -0.2) is 9.52 Å². The maximum atomic E-state index is 3.77. The molecule has 0 spiro atoms. The van der Waals surface area contributed by atoms with Gasteiger partial charge in [0.15, 0.2) is 0 Å². The van der Waals surface area contributed by atoms with E-state index in [1.54, 1.807) is 0 Å². The average Bonchev–Trinajstić information content (AvgIpc) is 2.98. The van der Waals surface area contributed by atoms with Crippen molar-refractivity contribution in [3.63, 3.8) is 0 Å². The van der Waals surface area contributed by atoms with E-state index in [2.05, 4.69) is 72.7 Å². The molecule has 166 valence electrons. The third-order valence-electron chi connectivity index (χ3n) is 6.67. The van der Waals surface area contributed by atoms with Crippen LogP contribution in [0.2, 0.25) is 0 Å². The van der Waals surface area contributed by atoms with Gasteiger partial charge in [-0.05, 0) is 62.4 Å². The molecule has 31 heavy (non-hydrogen) atoms. The second-order valence-corrected chi connectivity index (χ2v) is 9.54. The molecule has 0 saturated carbocycles. The van der Waals surface area contributed by atoms with E-state index < -0.39 is 0 Å². The predicted octanol–water partition coefficient (Wildman–Crippen LogP) is -3.33. The van der Waals surface area contributed by atoms with Gasteiger partial charge in [0, 0.05) is 9.52 Å². The predicted molar refractivity (Wildman–Crippen MR) is 120 cm³/mol. The van der Waals surface area contributed by atoms with Crippen molar-refractivity contribution in [1.82, 2.24) is 0 Å². The molecule has 0 bridgehead atoms. The molecule has 1 atom stereocenters. The molecule has 0 heterocycles. The molecule has 1 aliphatic carbocycles. The van der Waals surface area contributed by atoms with Crippen molar-refractivity contribution < 1.29 is 58.9 Å². The Hall–Kier alpha value is -0.0188. The van der Waals surface area contributed by atoms with Gasteiger partial charge in [0.25, 0.3) is 0 Å². The summed E-state index contributed by atoms with van der Waals surface area (Å²) in [5, 5.41) is 3.01. The summed E-state index contributed by atoms with van der Waals surface area (Å²) in [6.45, 7) is 16.0. The van der Waals surface area contributed by atoms with Gasteiger partial charge >= 0.3 is 21.7 Å². The van der Waals surface area contributed by atoms with E-state index in [0.717, 1.165) is 0 Å². The van der Waals surface area contributed by atoms with Crippen LogP contribution in [0, 0.1) is 40.7 Å². The quantitative estimate of drug-likeness (QED) is 0.210. The van der Waals surface area contributed by atoms with E-state index in [9.17, 15) is 0 Å². The second-order valence-electron chi connectivity index (χ2n) is 8.25. The molecular weight excluding hydrogens is 495 g/mol. The standard InChI is InChI=1S/C26H33Si.3ClH.Ti/c1-8-9-10-12-22-16(2)15-24-23(22)13-11-14-25(24)27-26-20(6)18(4)17(3)19(5)21(26)7;;;;/h11,13-14,22H,8-10,12H2,1-7H3;3*1H;/q-1;;;;+4/p-3. The summed E-state index contributed by atoms with van der Waals surface area (Å²) >= 11 is 0. The summed E-state index contributed by atoms with van der Waals surface area (Å²) in [5.41, 5.74) is 11.7. The molecule has 0 aliphatic heterocycles. The third kappa shape index (κ3) is 6.75. The molecule has 2 aromatic carbocycles. The van der Waals surface area contributed by atoms with Crippen molar-refractivity contribution >= 4 is 19.9 Å². The number of hydrogen-bond donors (Lipinski definition) is 0. The van der Waals surface area contributed by atoms with Gasteiger partial charge in [-0.15, -0.1) is 23.3 Å². The summed E-state index contributed by atoms with van der Waals surface area (Å²) in [6.07, 6.45) is 8.98. The number of fused-ring (bicyclic) bond motifs is 1.